The quantitative estimate of drug-likeness (QED) is 0.920. The molecule has 1 fully saturated rings. The van der Waals surface area contributed by atoms with Crippen molar-refractivity contribution >= 4 is 17.8 Å². The second kappa shape index (κ2) is 7.17. The first-order chi connectivity index (χ1) is 12.7. The molecule has 1 N–H and O–H groups in total. The SMILES string of the molecule is CNc1cccc([C@@H]2CN(C(=O)C3=Cc4ccccc4OC3)CCO2)n1. The Kier molecular flexibility index (Phi) is 4.58. The van der Waals surface area contributed by atoms with Crippen LogP contribution < -0.4 is 10.1 Å². The topological polar surface area (TPSA) is 63.7 Å². The summed E-state index contributed by atoms with van der Waals surface area (Å²) in [4.78, 5) is 19.3. The molecular weight excluding hydrogens is 330 g/mol. The molecular formula is C20H21N3O3. The maximum atomic E-state index is 13.0. The van der Waals surface area contributed by atoms with Crippen molar-refractivity contribution in [3.05, 3.63) is 59.3 Å². The summed E-state index contributed by atoms with van der Waals surface area (Å²) in [5.74, 6) is 1.60. The van der Waals surface area contributed by atoms with Gasteiger partial charge in [-0.3, -0.25) is 4.79 Å². The summed E-state index contributed by atoms with van der Waals surface area (Å²) in [6, 6.07) is 13.5. The Morgan fingerprint density at radius 1 is 1.23 bits per heavy atom. The minimum atomic E-state index is -0.224. The fourth-order valence-corrected chi connectivity index (χ4v) is 3.23. The van der Waals surface area contributed by atoms with Crippen molar-refractivity contribution in [3.63, 3.8) is 0 Å². The van der Waals surface area contributed by atoms with Gasteiger partial charge in [-0.05, 0) is 24.3 Å². The van der Waals surface area contributed by atoms with Crippen molar-refractivity contribution < 1.29 is 14.3 Å². The number of fused-ring (bicyclic) bond motifs is 1. The third-order valence-electron chi connectivity index (χ3n) is 4.62. The zero-order valence-corrected chi connectivity index (χ0v) is 14.6. The molecule has 1 amide bonds. The minimum absolute atomic E-state index is 0.00225. The predicted octanol–water partition coefficient (Wildman–Crippen LogP) is 2.50. The van der Waals surface area contributed by atoms with Crippen LogP contribution in [0, 0.1) is 0 Å². The Labute approximate surface area is 152 Å². The highest BCUT2D eigenvalue weighted by molar-refractivity contribution is 5.99. The molecule has 2 aliphatic heterocycles. The van der Waals surface area contributed by atoms with Gasteiger partial charge < -0.3 is 19.7 Å². The lowest BCUT2D eigenvalue weighted by molar-refractivity contribution is -0.135. The molecule has 1 atom stereocenters. The average Bonchev–Trinajstić information content (AvgIpc) is 2.73. The van der Waals surface area contributed by atoms with Crippen LogP contribution in [0.3, 0.4) is 0 Å². The van der Waals surface area contributed by atoms with E-state index in [4.69, 9.17) is 9.47 Å². The van der Waals surface area contributed by atoms with Crippen LogP contribution in [0.15, 0.2) is 48.0 Å². The normalized spacial score (nSPS) is 19.2. The van der Waals surface area contributed by atoms with E-state index < -0.39 is 0 Å². The Morgan fingerprint density at radius 3 is 3.00 bits per heavy atom. The Hall–Kier alpha value is -2.86. The highest BCUT2D eigenvalue weighted by Crippen LogP contribution is 2.28. The third kappa shape index (κ3) is 3.28. The molecule has 1 aromatic heterocycles. The summed E-state index contributed by atoms with van der Waals surface area (Å²) >= 11 is 0. The van der Waals surface area contributed by atoms with Crippen LogP contribution in [0.25, 0.3) is 6.08 Å². The summed E-state index contributed by atoms with van der Waals surface area (Å²) in [5.41, 5.74) is 2.44. The van der Waals surface area contributed by atoms with Crippen LogP contribution >= 0.6 is 0 Å². The van der Waals surface area contributed by atoms with Gasteiger partial charge in [-0.2, -0.15) is 0 Å². The van der Waals surface area contributed by atoms with Crippen molar-refractivity contribution in [2.24, 2.45) is 0 Å². The smallest absolute Gasteiger partial charge is 0.253 e. The highest BCUT2D eigenvalue weighted by Gasteiger charge is 2.29. The van der Waals surface area contributed by atoms with Gasteiger partial charge in [0.15, 0.2) is 0 Å². The molecule has 1 aromatic carbocycles. The number of nitrogens with one attached hydrogen (secondary N) is 1. The molecule has 3 heterocycles. The van der Waals surface area contributed by atoms with E-state index in [2.05, 4.69) is 10.3 Å². The fourth-order valence-electron chi connectivity index (χ4n) is 3.23. The number of hydrogen-bond donors (Lipinski definition) is 1. The lowest BCUT2D eigenvalue weighted by atomic mass is 10.1. The second-order valence-corrected chi connectivity index (χ2v) is 6.30. The molecule has 0 bridgehead atoms. The van der Waals surface area contributed by atoms with E-state index in [-0.39, 0.29) is 12.0 Å². The van der Waals surface area contributed by atoms with E-state index in [1.54, 1.807) is 0 Å². The molecule has 6 nitrogen and oxygen atoms in total. The second-order valence-electron chi connectivity index (χ2n) is 6.30. The average molecular weight is 351 g/mol. The lowest BCUT2D eigenvalue weighted by Gasteiger charge is -2.33. The molecule has 0 aliphatic carbocycles. The largest absolute Gasteiger partial charge is 0.488 e. The molecule has 26 heavy (non-hydrogen) atoms. The van der Waals surface area contributed by atoms with Crippen LogP contribution in [0.1, 0.15) is 17.4 Å². The van der Waals surface area contributed by atoms with Crippen LogP contribution in [-0.2, 0) is 9.53 Å². The maximum absolute atomic E-state index is 13.0. The van der Waals surface area contributed by atoms with Crippen molar-refractivity contribution in [2.75, 3.05) is 38.7 Å². The number of carbonyl (C=O) groups is 1. The highest BCUT2D eigenvalue weighted by atomic mass is 16.5. The predicted molar refractivity (Wildman–Crippen MR) is 99.0 cm³/mol. The van der Waals surface area contributed by atoms with Gasteiger partial charge in [0.25, 0.3) is 5.91 Å². The van der Waals surface area contributed by atoms with Gasteiger partial charge in [-0.25, -0.2) is 4.98 Å². The van der Waals surface area contributed by atoms with Crippen LogP contribution in [-0.4, -0.2) is 49.1 Å². The van der Waals surface area contributed by atoms with Crippen LogP contribution in [0.2, 0.25) is 0 Å². The molecule has 0 spiro atoms. The Bertz CT molecular complexity index is 850. The van der Waals surface area contributed by atoms with E-state index in [1.165, 1.54) is 0 Å². The minimum Gasteiger partial charge on any atom is -0.488 e. The van der Waals surface area contributed by atoms with Crippen molar-refractivity contribution in [1.82, 2.24) is 9.88 Å². The number of nitrogens with zero attached hydrogens (tertiary/aromatic N) is 2. The zero-order valence-electron chi connectivity index (χ0n) is 14.6. The number of ether oxygens (including phenoxy) is 2. The molecule has 2 aliphatic rings. The summed E-state index contributed by atoms with van der Waals surface area (Å²) in [7, 11) is 1.83. The van der Waals surface area contributed by atoms with Crippen molar-refractivity contribution in [2.45, 2.75) is 6.10 Å². The molecule has 2 aromatic rings. The van der Waals surface area contributed by atoms with Crippen molar-refractivity contribution in [1.29, 1.82) is 0 Å². The molecule has 1 saturated heterocycles. The van der Waals surface area contributed by atoms with Gasteiger partial charge in [0.2, 0.25) is 0 Å². The van der Waals surface area contributed by atoms with Gasteiger partial charge in [-0.1, -0.05) is 24.3 Å². The molecule has 0 radical (unpaired) electrons. The standard InChI is InChI=1S/C20H21N3O3/c1-21-19-8-4-6-16(22-19)18-12-23(9-10-25-18)20(24)15-11-14-5-2-3-7-17(14)26-13-15/h2-8,11,18H,9-10,12-13H2,1H3,(H,21,22)/t18-/m0/s1. The summed E-state index contributed by atoms with van der Waals surface area (Å²) < 4.78 is 11.6. The maximum Gasteiger partial charge on any atom is 0.253 e. The monoisotopic (exact) mass is 351 g/mol. The van der Waals surface area contributed by atoms with E-state index >= 15 is 0 Å². The number of carbonyl (C=O) groups excluding carboxylic acids is 1. The molecule has 4 rings (SSSR count). The zero-order chi connectivity index (χ0) is 17.9. The molecule has 6 heteroatoms. The van der Waals surface area contributed by atoms with E-state index in [0.29, 0.717) is 31.9 Å². The Balaban J connectivity index is 1.51. The molecule has 134 valence electrons. The summed E-state index contributed by atoms with van der Waals surface area (Å²) in [5, 5.41) is 3.03. The van der Waals surface area contributed by atoms with E-state index in [9.17, 15) is 4.79 Å². The van der Waals surface area contributed by atoms with Gasteiger partial charge in [0.1, 0.15) is 24.3 Å². The van der Waals surface area contributed by atoms with Gasteiger partial charge >= 0.3 is 0 Å². The number of anilines is 1. The van der Waals surface area contributed by atoms with E-state index in [0.717, 1.165) is 22.8 Å². The number of hydrogen-bond acceptors (Lipinski definition) is 5. The fraction of sp³-hybridized carbons (Fsp3) is 0.300. The number of morpholine rings is 1. The summed E-state index contributed by atoms with van der Waals surface area (Å²) in [6.45, 7) is 1.84. The number of amides is 1. The van der Waals surface area contributed by atoms with Crippen molar-refractivity contribution in [3.8, 4) is 5.75 Å². The van der Waals surface area contributed by atoms with Gasteiger partial charge in [-0.15, -0.1) is 0 Å². The first-order valence-electron chi connectivity index (χ1n) is 8.72. The van der Waals surface area contributed by atoms with Gasteiger partial charge in [0, 0.05) is 19.2 Å². The third-order valence-corrected chi connectivity index (χ3v) is 4.62. The first kappa shape index (κ1) is 16.6. The summed E-state index contributed by atoms with van der Waals surface area (Å²) in [6.07, 6.45) is 1.70. The number of benzene rings is 1. The van der Waals surface area contributed by atoms with Gasteiger partial charge in [0.05, 0.1) is 24.4 Å². The number of rotatable bonds is 3. The van der Waals surface area contributed by atoms with Crippen LogP contribution in [0.4, 0.5) is 5.82 Å². The number of pyridine rings is 1. The first-order valence-corrected chi connectivity index (χ1v) is 8.72. The molecule has 0 saturated carbocycles. The number of aromatic nitrogens is 1. The molecule has 0 unspecified atom stereocenters. The lowest BCUT2D eigenvalue weighted by Crippen LogP contribution is -2.44. The Morgan fingerprint density at radius 2 is 2.12 bits per heavy atom. The van der Waals surface area contributed by atoms with E-state index in [1.807, 2.05) is 60.5 Å². The van der Waals surface area contributed by atoms with Crippen LogP contribution in [0.5, 0.6) is 5.75 Å². The number of para-hydroxylation sites is 1.